The maximum Gasteiger partial charge on any atom is 0.265 e. The van der Waals surface area contributed by atoms with Crippen molar-refractivity contribution in [3.63, 3.8) is 0 Å². The molecular weight excluding hydrogens is 150 g/mol. The lowest BCUT2D eigenvalue weighted by atomic mass is 10.2. The Morgan fingerprint density at radius 1 is 1.55 bits per heavy atom. The number of nitrogens with zero attached hydrogens (tertiary/aromatic N) is 2. The molecule has 0 aromatic carbocycles. The molecule has 0 saturated heterocycles. The van der Waals surface area contributed by atoms with Crippen LogP contribution in [0.2, 0.25) is 0 Å². The Morgan fingerprint density at radius 2 is 2.27 bits per heavy atom. The SMILES string of the molecule is N#Cc1cnccc1C(F)F. The third-order valence-electron chi connectivity index (χ3n) is 1.21. The lowest BCUT2D eigenvalue weighted by Gasteiger charge is -1.98. The zero-order valence-corrected chi connectivity index (χ0v) is 5.46. The summed E-state index contributed by atoms with van der Waals surface area (Å²) in [5, 5.41) is 8.34. The fourth-order valence-electron chi connectivity index (χ4n) is 0.689. The molecule has 1 aromatic heterocycles. The van der Waals surface area contributed by atoms with E-state index in [1.807, 2.05) is 0 Å². The van der Waals surface area contributed by atoms with Gasteiger partial charge in [-0.15, -0.1) is 0 Å². The first-order valence-corrected chi connectivity index (χ1v) is 2.88. The Labute approximate surface area is 62.1 Å². The number of rotatable bonds is 1. The van der Waals surface area contributed by atoms with E-state index in [4.69, 9.17) is 5.26 Å². The van der Waals surface area contributed by atoms with E-state index in [9.17, 15) is 8.78 Å². The average molecular weight is 154 g/mol. The summed E-state index contributed by atoms with van der Waals surface area (Å²) in [5.41, 5.74) is -0.329. The van der Waals surface area contributed by atoms with Crippen molar-refractivity contribution in [2.45, 2.75) is 6.43 Å². The van der Waals surface area contributed by atoms with Crippen LogP contribution in [0.25, 0.3) is 0 Å². The third-order valence-corrected chi connectivity index (χ3v) is 1.21. The summed E-state index contributed by atoms with van der Waals surface area (Å²) >= 11 is 0. The van der Waals surface area contributed by atoms with E-state index in [2.05, 4.69) is 4.98 Å². The largest absolute Gasteiger partial charge is 0.265 e. The van der Waals surface area contributed by atoms with Crippen LogP contribution in [-0.4, -0.2) is 4.98 Å². The second-order valence-corrected chi connectivity index (χ2v) is 1.88. The molecule has 4 heteroatoms. The Balaban J connectivity index is 3.15. The number of hydrogen-bond acceptors (Lipinski definition) is 2. The van der Waals surface area contributed by atoms with E-state index < -0.39 is 6.43 Å². The van der Waals surface area contributed by atoms with Crippen LogP contribution in [0, 0.1) is 11.3 Å². The summed E-state index contributed by atoms with van der Waals surface area (Å²) in [6.07, 6.45) is -0.239. The van der Waals surface area contributed by atoms with Gasteiger partial charge in [-0.1, -0.05) is 0 Å². The number of alkyl halides is 2. The molecule has 0 unspecified atom stereocenters. The summed E-state index contributed by atoms with van der Waals surface area (Å²) < 4.78 is 24.1. The highest BCUT2D eigenvalue weighted by molar-refractivity contribution is 5.35. The van der Waals surface area contributed by atoms with Crippen LogP contribution in [0.1, 0.15) is 17.6 Å². The topological polar surface area (TPSA) is 36.7 Å². The summed E-state index contributed by atoms with van der Waals surface area (Å²) in [6, 6.07) is 2.78. The highest BCUT2D eigenvalue weighted by Gasteiger charge is 2.11. The van der Waals surface area contributed by atoms with Gasteiger partial charge in [-0.05, 0) is 6.07 Å². The number of aromatic nitrogens is 1. The fraction of sp³-hybridized carbons (Fsp3) is 0.143. The van der Waals surface area contributed by atoms with Gasteiger partial charge in [0.1, 0.15) is 6.07 Å². The van der Waals surface area contributed by atoms with Crippen molar-refractivity contribution < 1.29 is 8.78 Å². The van der Waals surface area contributed by atoms with E-state index >= 15 is 0 Å². The molecule has 0 bridgehead atoms. The molecule has 0 amide bonds. The Hall–Kier alpha value is -1.50. The first-order valence-electron chi connectivity index (χ1n) is 2.88. The van der Waals surface area contributed by atoms with Crippen LogP contribution >= 0.6 is 0 Å². The fourth-order valence-corrected chi connectivity index (χ4v) is 0.689. The number of halogens is 2. The summed E-state index contributed by atoms with van der Waals surface area (Å²) in [4.78, 5) is 3.54. The number of pyridine rings is 1. The van der Waals surface area contributed by atoms with E-state index in [1.54, 1.807) is 6.07 Å². The van der Waals surface area contributed by atoms with Crippen molar-refractivity contribution in [3.8, 4) is 6.07 Å². The molecule has 2 nitrogen and oxygen atoms in total. The van der Waals surface area contributed by atoms with Crippen LogP contribution in [0.15, 0.2) is 18.5 Å². The maximum absolute atomic E-state index is 12.0. The molecule has 0 N–H and O–H groups in total. The third kappa shape index (κ3) is 1.49. The van der Waals surface area contributed by atoms with Gasteiger partial charge < -0.3 is 0 Å². The number of hydrogen-bond donors (Lipinski definition) is 0. The normalized spacial score (nSPS) is 9.64. The van der Waals surface area contributed by atoms with Crippen LogP contribution < -0.4 is 0 Å². The van der Waals surface area contributed by atoms with Crippen LogP contribution in [0.5, 0.6) is 0 Å². The average Bonchev–Trinajstić information content (AvgIpc) is 2.04. The van der Waals surface area contributed by atoms with E-state index in [0.29, 0.717) is 0 Å². The van der Waals surface area contributed by atoms with Gasteiger partial charge >= 0.3 is 0 Å². The minimum Gasteiger partial charge on any atom is -0.263 e. The quantitative estimate of drug-likeness (QED) is 0.619. The molecule has 1 heterocycles. The van der Waals surface area contributed by atoms with Crippen LogP contribution in [0.4, 0.5) is 8.78 Å². The molecule has 0 aliphatic rings. The lowest BCUT2D eigenvalue weighted by Crippen LogP contribution is -1.90. The molecular formula is C7H4F2N2. The lowest BCUT2D eigenvalue weighted by molar-refractivity contribution is 0.151. The minimum atomic E-state index is -2.60. The van der Waals surface area contributed by atoms with Crippen molar-refractivity contribution in [1.82, 2.24) is 4.98 Å². The highest BCUT2D eigenvalue weighted by Crippen LogP contribution is 2.20. The molecule has 0 atom stereocenters. The molecule has 1 aromatic rings. The predicted molar refractivity (Wildman–Crippen MR) is 33.9 cm³/mol. The van der Waals surface area contributed by atoms with Crippen molar-refractivity contribution in [1.29, 1.82) is 5.26 Å². The standard InChI is InChI=1S/C7H4F2N2/c8-7(9)6-1-2-11-4-5(6)3-10/h1-2,4,7H. The molecule has 11 heavy (non-hydrogen) atoms. The van der Waals surface area contributed by atoms with Crippen molar-refractivity contribution in [2.75, 3.05) is 0 Å². The van der Waals surface area contributed by atoms with Gasteiger partial charge in [0.25, 0.3) is 6.43 Å². The smallest absolute Gasteiger partial charge is 0.263 e. The van der Waals surface area contributed by atoms with Crippen molar-refractivity contribution in [3.05, 3.63) is 29.6 Å². The highest BCUT2D eigenvalue weighted by atomic mass is 19.3. The number of nitriles is 1. The van der Waals surface area contributed by atoms with Gasteiger partial charge in [0.2, 0.25) is 0 Å². The Morgan fingerprint density at radius 3 is 2.73 bits per heavy atom. The van der Waals surface area contributed by atoms with Crippen molar-refractivity contribution in [2.24, 2.45) is 0 Å². The second kappa shape index (κ2) is 3.06. The maximum atomic E-state index is 12.0. The van der Waals surface area contributed by atoms with E-state index in [1.165, 1.54) is 6.20 Å². The molecule has 0 saturated carbocycles. The predicted octanol–water partition coefficient (Wildman–Crippen LogP) is 1.89. The van der Waals surface area contributed by atoms with Gasteiger partial charge in [-0.3, -0.25) is 4.98 Å². The van der Waals surface area contributed by atoms with E-state index in [-0.39, 0.29) is 11.1 Å². The summed E-state index contributed by atoms with van der Waals surface area (Å²) in [7, 11) is 0. The van der Waals surface area contributed by atoms with Gasteiger partial charge in [-0.25, -0.2) is 8.78 Å². The molecule has 56 valence electrons. The van der Waals surface area contributed by atoms with Crippen molar-refractivity contribution >= 4 is 0 Å². The summed E-state index contributed by atoms with van der Waals surface area (Å²) in [6.45, 7) is 0. The van der Waals surface area contributed by atoms with Gasteiger partial charge in [0.05, 0.1) is 5.56 Å². The Kier molecular flexibility index (Phi) is 2.12. The molecule has 0 aliphatic heterocycles. The van der Waals surface area contributed by atoms with Gasteiger partial charge in [0, 0.05) is 18.0 Å². The second-order valence-electron chi connectivity index (χ2n) is 1.88. The van der Waals surface area contributed by atoms with Gasteiger partial charge in [0.15, 0.2) is 0 Å². The Bertz CT molecular complexity index is 291. The molecule has 0 aliphatic carbocycles. The first kappa shape index (κ1) is 7.61. The molecule has 1 rings (SSSR count). The zero-order chi connectivity index (χ0) is 8.27. The zero-order valence-electron chi connectivity index (χ0n) is 5.46. The molecule has 0 fully saturated rings. The first-order chi connectivity index (χ1) is 5.25. The van der Waals surface area contributed by atoms with Gasteiger partial charge in [-0.2, -0.15) is 5.26 Å². The monoisotopic (exact) mass is 154 g/mol. The summed E-state index contributed by atoms with van der Waals surface area (Å²) in [5.74, 6) is 0. The van der Waals surface area contributed by atoms with Crippen LogP contribution in [0.3, 0.4) is 0 Å². The van der Waals surface area contributed by atoms with Crippen LogP contribution in [-0.2, 0) is 0 Å². The molecule has 0 spiro atoms. The van der Waals surface area contributed by atoms with E-state index in [0.717, 1.165) is 12.3 Å². The molecule has 0 radical (unpaired) electrons. The minimum absolute atomic E-state index is 0.0671.